The van der Waals surface area contributed by atoms with E-state index in [1.54, 1.807) is 0 Å². The molecule has 2 aromatic rings. The summed E-state index contributed by atoms with van der Waals surface area (Å²) in [4.78, 5) is 4.12. The van der Waals surface area contributed by atoms with E-state index in [2.05, 4.69) is 4.98 Å². The van der Waals surface area contributed by atoms with Gasteiger partial charge in [0.2, 0.25) is 0 Å². The summed E-state index contributed by atoms with van der Waals surface area (Å²) < 4.78 is 54.0. The quantitative estimate of drug-likeness (QED) is 0.370. The lowest BCUT2D eigenvalue weighted by molar-refractivity contribution is -0.0919. The second-order valence-corrected chi connectivity index (χ2v) is 6.32. The molecule has 0 atom stereocenters. The molecule has 0 aliphatic heterocycles. The van der Waals surface area contributed by atoms with Crippen molar-refractivity contribution < 1.29 is 17.6 Å². The zero-order chi connectivity index (χ0) is 19.9. The van der Waals surface area contributed by atoms with E-state index in [1.807, 2.05) is 0 Å². The Morgan fingerprint density at radius 3 is 2.33 bits per heavy atom. The highest BCUT2D eigenvalue weighted by Crippen LogP contribution is 2.38. The number of anilines is 1. The zero-order valence-corrected chi connectivity index (χ0v) is 14.2. The first-order chi connectivity index (χ1) is 12.7. The molecule has 1 aliphatic carbocycles. The standard InChI is InChI=1S/C18H17F4N5/c19-12-5-13(25)10(6-23)14-8-3-1-2-4-9(8)15(27-16(12)14)11(7-24)17(26)18(20,21)22/h5-7,23-24H,1-4,25-26H2. The van der Waals surface area contributed by atoms with Gasteiger partial charge < -0.3 is 22.3 Å². The van der Waals surface area contributed by atoms with Crippen molar-refractivity contribution in [3.8, 4) is 0 Å². The topological polar surface area (TPSA) is 113 Å². The molecule has 1 heterocycles. The fraction of sp³-hybridized carbons (Fsp3) is 0.278. The number of halogens is 4. The number of nitrogen functional groups attached to an aromatic ring is 1. The number of allylic oxidation sites excluding steroid dienone is 2. The Bertz CT molecular complexity index is 992. The Morgan fingerprint density at radius 2 is 1.78 bits per heavy atom. The predicted molar refractivity (Wildman–Crippen MR) is 96.6 cm³/mol. The lowest BCUT2D eigenvalue weighted by atomic mass is 9.84. The smallest absolute Gasteiger partial charge is 0.398 e. The first kappa shape index (κ1) is 18.8. The van der Waals surface area contributed by atoms with Gasteiger partial charge in [0.05, 0.1) is 5.69 Å². The highest BCUT2D eigenvalue weighted by atomic mass is 19.4. The number of alkyl halides is 3. The van der Waals surface area contributed by atoms with Gasteiger partial charge in [-0.05, 0) is 42.9 Å². The lowest BCUT2D eigenvalue weighted by Crippen LogP contribution is -2.23. The van der Waals surface area contributed by atoms with Crippen LogP contribution in [0.5, 0.6) is 0 Å². The van der Waals surface area contributed by atoms with Gasteiger partial charge in [0.25, 0.3) is 0 Å². The van der Waals surface area contributed by atoms with E-state index in [-0.39, 0.29) is 22.5 Å². The fourth-order valence-corrected chi connectivity index (χ4v) is 3.52. The maximum atomic E-state index is 14.6. The molecule has 0 spiro atoms. The van der Waals surface area contributed by atoms with Crippen LogP contribution in [0.4, 0.5) is 23.2 Å². The SMILES string of the molecule is N=CC(=C(N)C(F)(F)F)c1nc2c(F)cc(N)c(C=N)c2c2c1CCCC2. The predicted octanol–water partition coefficient (Wildman–Crippen LogP) is 3.71. The van der Waals surface area contributed by atoms with Gasteiger partial charge in [-0.15, -0.1) is 0 Å². The molecule has 5 nitrogen and oxygen atoms in total. The van der Waals surface area contributed by atoms with E-state index in [0.717, 1.165) is 25.1 Å². The van der Waals surface area contributed by atoms with Crippen LogP contribution in [-0.4, -0.2) is 23.6 Å². The molecule has 3 rings (SSSR count). The molecule has 1 aromatic carbocycles. The van der Waals surface area contributed by atoms with Crippen LogP contribution in [0.1, 0.15) is 35.2 Å². The number of hydrogen-bond acceptors (Lipinski definition) is 5. The highest BCUT2D eigenvalue weighted by molar-refractivity contribution is 6.12. The summed E-state index contributed by atoms with van der Waals surface area (Å²) in [6, 6.07) is 0.996. The summed E-state index contributed by atoms with van der Waals surface area (Å²) in [6.07, 6.45) is -0.965. The molecular weight excluding hydrogens is 362 g/mol. The normalized spacial score (nSPS) is 15.3. The molecule has 0 amide bonds. The van der Waals surface area contributed by atoms with Gasteiger partial charge in [-0.1, -0.05) is 0 Å². The number of aromatic nitrogens is 1. The van der Waals surface area contributed by atoms with Gasteiger partial charge >= 0.3 is 6.18 Å². The molecule has 0 fully saturated rings. The van der Waals surface area contributed by atoms with Crippen molar-refractivity contribution in [3.63, 3.8) is 0 Å². The van der Waals surface area contributed by atoms with E-state index in [9.17, 15) is 17.6 Å². The Hall–Kier alpha value is -2.97. The molecule has 1 aliphatic rings. The van der Waals surface area contributed by atoms with Crippen LogP contribution in [0, 0.1) is 16.6 Å². The molecule has 1 aromatic heterocycles. The van der Waals surface area contributed by atoms with Crippen molar-refractivity contribution in [2.24, 2.45) is 5.73 Å². The number of benzene rings is 1. The third kappa shape index (κ3) is 3.02. The van der Waals surface area contributed by atoms with Crippen molar-refractivity contribution in [3.05, 3.63) is 40.0 Å². The monoisotopic (exact) mass is 379 g/mol. The van der Waals surface area contributed by atoms with Crippen LogP contribution in [0.25, 0.3) is 16.5 Å². The van der Waals surface area contributed by atoms with Crippen molar-refractivity contribution >= 4 is 34.6 Å². The summed E-state index contributed by atoms with van der Waals surface area (Å²) in [5.41, 5.74) is 10.2. The molecule has 0 unspecified atom stereocenters. The van der Waals surface area contributed by atoms with Gasteiger partial charge in [0, 0.05) is 34.6 Å². The van der Waals surface area contributed by atoms with Gasteiger partial charge in [0.1, 0.15) is 11.2 Å². The van der Waals surface area contributed by atoms with E-state index in [4.69, 9.17) is 22.3 Å². The molecule has 0 radical (unpaired) electrons. The molecule has 142 valence electrons. The van der Waals surface area contributed by atoms with Crippen molar-refractivity contribution in [1.82, 2.24) is 4.98 Å². The average Bonchev–Trinajstić information content (AvgIpc) is 2.62. The summed E-state index contributed by atoms with van der Waals surface area (Å²) in [7, 11) is 0. The number of nitrogens with one attached hydrogen (secondary N) is 2. The number of nitrogens with zero attached hydrogens (tertiary/aromatic N) is 1. The maximum Gasteiger partial charge on any atom is 0.431 e. The third-order valence-corrected chi connectivity index (χ3v) is 4.74. The summed E-state index contributed by atoms with van der Waals surface area (Å²) in [5.74, 6) is -0.794. The Labute approximate surface area is 152 Å². The Morgan fingerprint density at radius 1 is 1.15 bits per heavy atom. The lowest BCUT2D eigenvalue weighted by Gasteiger charge is -2.24. The van der Waals surface area contributed by atoms with Gasteiger partial charge in [-0.25, -0.2) is 9.37 Å². The number of nitrogens with two attached hydrogens (primary N) is 2. The van der Waals surface area contributed by atoms with Crippen molar-refractivity contribution in [1.29, 1.82) is 10.8 Å². The second kappa shape index (κ2) is 6.64. The first-order valence-electron chi connectivity index (χ1n) is 8.22. The van der Waals surface area contributed by atoms with E-state index < -0.39 is 23.3 Å². The average molecular weight is 379 g/mol. The minimum atomic E-state index is -4.84. The molecular formula is C18H17F4N5. The zero-order valence-electron chi connectivity index (χ0n) is 14.2. The highest BCUT2D eigenvalue weighted by Gasteiger charge is 2.36. The van der Waals surface area contributed by atoms with Crippen molar-refractivity contribution in [2.75, 3.05) is 5.73 Å². The van der Waals surface area contributed by atoms with Crippen LogP contribution in [0.3, 0.4) is 0 Å². The Balaban J connectivity index is 2.50. The van der Waals surface area contributed by atoms with Crippen LogP contribution in [0.15, 0.2) is 11.8 Å². The molecule has 6 N–H and O–H groups in total. The number of fused-ring (bicyclic) bond motifs is 3. The molecule has 9 heteroatoms. The first-order valence-corrected chi connectivity index (χ1v) is 8.22. The van der Waals surface area contributed by atoms with Gasteiger partial charge in [0.15, 0.2) is 5.82 Å². The minimum Gasteiger partial charge on any atom is -0.398 e. The molecule has 0 saturated heterocycles. The van der Waals surface area contributed by atoms with Gasteiger partial charge in [-0.2, -0.15) is 13.2 Å². The molecule has 0 bridgehead atoms. The molecule has 27 heavy (non-hydrogen) atoms. The van der Waals surface area contributed by atoms with Crippen molar-refractivity contribution in [2.45, 2.75) is 31.9 Å². The number of hydrogen-bond donors (Lipinski definition) is 4. The van der Waals surface area contributed by atoms with Crippen LogP contribution >= 0.6 is 0 Å². The number of aryl methyl sites for hydroxylation is 1. The minimum absolute atomic E-state index is 0.0648. The van der Waals surface area contributed by atoms with E-state index in [1.165, 1.54) is 0 Å². The van der Waals surface area contributed by atoms with Crippen LogP contribution in [-0.2, 0) is 12.8 Å². The maximum absolute atomic E-state index is 14.6. The number of pyridine rings is 1. The largest absolute Gasteiger partial charge is 0.431 e. The molecule has 0 saturated carbocycles. The third-order valence-electron chi connectivity index (χ3n) is 4.74. The van der Waals surface area contributed by atoms with E-state index >= 15 is 0 Å². The Kier molecular flexibility index (Phi) is 4.63. The fourth-order valence-electron chi connectivity index (χ4n) is 3.52. The van der Waals surface area contributed by atoms with Gasteiger partial charge in [-0.3, -0.25) is 0 Å². The summed E-state index contributed by atoms with van der Waals surface area (Å²) >= 11 is 0. The summed E-state index contributed by atoms with van der Waals surface area (Å²) in [5, 5.41) is 15.4. The van der Waals surface area contributed by atoms with E-state index in [0.29, 0.717) is 35.6 Å². The van der Waals surface area contributed by atoms with Crippen LogP contribution in [0.2, 0.25) is 0 Å². The summed E-state index contributed by atoms with van der Waals surface area (Å²) in [6.45, 7) is 0. The second-order valence-electron chi connectivity index (χ2n) is 6.32. The number of rotatable bonds is 3. The van der Waals surface area contributed by atoms with Crippen LogP contribution < -0.4 is 11.5 Å².